The largest absolute Gasteiger partial charge is 0.508 e. The Bertz CT molecular complexity index is 984. The number of halogens is 3. The number of rotatable bonds is 3. The molecule has 0 aliphatic rings. The van der Waals surface area contributed by atoms with Crippen LogP contribution in [0.2, 0.25) is 0 Å². The average Bonchev–Trinajstić information content (AvgIpc) is 2.62. The third kappa shape index (κ3) is 3.01. The zero-order chi connectivity index (χ0) is 20.7. The highest BCUT2D eigenvalue weighted by Gasteiger charge is 2.59. The van der Waals surface area contributed by atoms with E-state index < -0.39 is 11.6 Å². The molecule has 0 saturated heterocycles. The molecule has 0 saturated carbocycles. The van der Waals surface area contributed by atoms with Crippen molar-refractivity contribution in [2.75, 3.05) is 0 Å². The molecular formula is C23H21F3O2. The van der Waals surface area contributed by atoms with E-state index >= 15 is 0 Å². The monoisotopic (exact) mass is 386 g/mol. The maximum absolute atomic E-state index is 15.0. The Kier molecular flexibility index (Phi) is 4.88. The van der Waals surface area contributed by atoms with E-state index in [1.54, 1.807) is 39.0 Å². The van der Waals surface area contributed by atoms with Gasteiger partial charge in [-0.1, -0.05) is 48.5 Å². The summed E-state index contributed by atoms with van der Waals surface area (Å²) in [5.41, 5.74) is -1.08. The maximum Gasteiger partial charge on any atom is 0.406 e. The van der Waals surface area contributed by atoms with Gasteiger partial charge in [0.1, 0.15) is 16.9 Å². The SMILES string of the molecule is Cc1ccccc1C(c1ccc(O)cc1)(c1cc(C)c(O)c(C)c1)C(F)(F)F. The molecule has 0 radical (unpaired) electrons. The van der Waals surface area contributed by atoms with Gasteiger partial charge in [0.15, 0.2) is 0 Å². The highest BCUT2D eigenvalue weighted by Crippen LogP contribution is 2.53. The van der Waals surface area contributed by atoms with Crippen LogP contribution >= 0.6 is 0 Å². The Hall–Kier alpha value is -2.95. The van der Waals surface area contributed by atoms with Crippen molar-refractivity contribution in [3.63, 3.8) is 0 Å². The fourth-order valence-electron chi connectivity index (χ4n) is 3.84. The molecule has 1 unspecified atom stereocenters. The van der Waals surface area contributed by atoms with Crippen molar-refractivity contribution in [1.29, 1.82) is 0 Å². The molecule has 0 aliphatic heterocycles. The van der Waals surface area contributed by atoms with Crippen LogP contribution < -0.4 is 0 Å². The summed E-state index contributed by atoms with van der Waals surface area (Å²) >= 11 is 0. The van der Waals surface area contributed by atoms with Crippen LogP contribution in [0.3, 0.4) is 0 Å². The number of aryl methyl sites for hydroxylation is 3. The van der Waals surface area contributed by atoms with Gasteiger partial charge in [0.25, 0.3) is 0 Å². The lowest BCUT2D eigenvalue weighted by Crippen LogP contribution is -2.45. The van der Waals surface area contributed by atoms with Gasteiger partial charge in [-0.25, -0.2) is 0 Å². The van der Waals surface area contributed by atoms with Gasteiger partial charge in [-0.05, 0) is 66.3 Å². The third-order valence-electron chi connectivity index (χ3n) is 5.20. The second-order valence-electron chi connectivity index (χ2n) is 7.07. The molecule has 28 heavy (non-hydrogen) atoms. The lowest BCUT2D eigenvalue weighted by atomic mass is 9.67. The van der Waals surface area contributed by atoms with Crippen LogP contribution in [0.4, 0.5) is 13.2 Å². The first-order valence-corrected chi connectivity index (χ1v) is 8.82. The van der Waals surface area contributed by atoms with Crippen LogP contribution in [0.1, 0.15) is 33.4 Å². The van der Waals surface area contributed by atoms with Gasteiger partial charge in [0.05, 0.1) is 0 Å². The van der Waals surface area contributed by atoms with Gasteiger partial charge in [0, 0.05) is 0 Å². The Morgan fingerprint density at radius 2 is 1.21 bits per heavy atom. The molecule has 1 atom stereocenters. The molecule has 0 aromatic heterocycles. The van der Waals surface area contributed by atoms with E-state index in [-0.39, 0.29) is 28.2 Å². The normalized spacial score (nSPS) is 13.9. The number of phenols is 2. The fourth-order valence-corrected chi connectivity index (χ4v) is 3.84. The molecular weight excluding hydrogens is 365 g/mol. The summed E-state index contributed by atoms with van der Waals surface area (Å²) in [6, 6.07) is 14.3. The van der Waals surface area contributed by atoms with Crippen LogP contribution in [-0.4, -0.2) is 16.4 Å². The summed E-state index contributed by atoms with van der Waals surface area (Å²) in [5, 5.41) is 19.7. The van der Waals surface area contributed by atoms with Crippen molar-refractivity contribution >= 4 is 0 Å². The van der Waals surface area contributed by atoms with Gasteiger partial charge in [-0.3, -0.25) is 0 Å². The molecule has 146 valence electrons. The first-order valence-electron chi connectivity index (χ1n) is 8.82. The van der Waals surface area contributed by atoms with Gasteiger partial charge < -0.3 is 10.2 Å². The Morgan fingerprint density at radius 3 is 1.71 bits per heavy atom. The second-order valence-corrected chi connectivity index (χ2v) is 7.07. The van der Waals surface area contributed by atoms with Crippen molar-refractivity contribution in [2.45, 2.75) is 32.4 Å². The third-order valence-corrected chi connectivity index (χ3v) is 5.20. The van der Waals surface area contributed by atoms with E-state index in [0.717, 1.165) is 0 Å². The van der Waals surface area contributed by atoms with Crippen LogP contribution in [0.15, 0.2) is 60.7 Å². The molecule has 5 heteroatoms. The summed E-state index contributed by atoms with van der Waals surface area (Å²) in [6.45, 7) is 4.82. The zero-order valence-corrected chi connectivity index (χ0v) is 15.8. The van der Waals surface area contributed by atoms with E-state index in [1.165, 1.54) is 42.5 Å². The Labute approximate surface area is 161 Å². The number of aromatic hydroxyl groups is 2. The lowest BCUT2D eigenvalue weighted by Gasteiger charge is -2.39. The lowest BCUT2D eigenvalue weighted by molar-refractivity contribution is -0.166. The summed E-state index contributed by atoms with van der Waals surface area (Å²) in [4.78, 5) is 0. The number of hydrogen-bond donors (Lipinski definition) is 2. The fraction of sp³-hybridized carbons (Fsp3) is 0.217. The molecule has 0 bridgehead atoms. The van der Waals surface area contributed by atoms with Crippen LogP contribution in [-0.2, 0) is 5.41 Å². The maximum atomic E-state index is 15.0. The predicted octanol–water partition coefficient (Wildman–Crippen LogP) is 5.92. The highest BCUT2D eigenvalue weighted by atomic mass is 19.4. The average molecular weight is 386 g/mol. The molecule has 3 rings (SSSR count). The van der Waals surface area contributed by atoms with Crippen LogP contribution in [0.5, 0.6) is 11.5 Å². The van der Waals surface area contributed by atoms with Gasteiger partial charge >= 0.3 is 6.18 Å². The molecule has 0 spiro atoms. The topological polar surface area (TPSA) is 40.5 Å². The predicted molar refractivity (Wildman–Crippen MR) is 103 cm³/mol. The number of hydrogen-bond acceptors (Lipinski definition) is 2. The number of phenolic OH excluding ortho intramolecular Hbond substituents is 2. The molecule has 0 amide bonds. The second kappa shape index (κ2) is 6.89. The molecule has 3 aromatic rings. The standard InChI is InChI=1S/C23H21F3O2/c1-14-6-4-5-7-20(14)22(23(24,25)26,17-8-10-19(27)11-9-17)18-12-15(2)21(28)16(3)13-18/h4-13,27-28H,1-3H3. The van der Waals surface area contributed by atoms with Gasteiger partial charge in [-0.2, -0.15) is 13.2 Å². The van der Waals surface area contributed by atoms with E-state index in [0.29, 0.717) is 16.7 Å². The summed E-state index contributed by atoms with van der Waals surface area (Å²) in [5.74, 6) is -0.127. The Balaban J connectivity index is 2.52. The zero-order valence-electron chi connectivity index (χ0n) is 15.8. The minimum Gasteiger partial charge on any atom is -0.508 e. The van der Waals surface area contributed by atoms with E-state index in [9.17, 15) is 23.4 Å². The molecule has 0 fully saturated rings. The smallest absolute Gasteiger partial charge is 0.406 e. The van der Waals surface area contributed by atoms with Gasteiger partial charge in [0.2, 0.25) is 0 Å². The van der Waals surface area contributed by atoms with Crippen molar-refractivity contribution in [3.8, 4) is 11.5 Å². The van der Waals surface area contributed by atoms with Crippen molar-refractivity contribution < 1.29 is 23.4 Å². The minimum atomic E-state index is -4.67. The first kappa shape index (κ1) is 19.8. The van der Waals surface area contributed by atoms with Crippen LogP contribution in [0, 0.1) is 20.8 Å². The van der Waals surface area contributed by atoms with Crippen LogP contribution in [0.25, 0.3) is 0 Å². The minimum absolute atomic E-state index is 0.00316. The van der Waals surface area contributed by atoms with Crippen molar-refractivity contribution in [1.82, 2.24) is 0 Å². The molecule has 2 nitrogen and oxygen atoms in total. The van der Waals surface area contributed by atoms with E-state index in [4.69, 9.17) is 0 Å². The van der Waals surface area contributed by atoms with Crippen molar-refractivity contribution in [2.24, 2.45) is 0 Å². The summed E-state index contributed by atoms with van der Waals surface area (Å²) in [7, 11) is 0. The van der Waals surface area contributed by atoms with E-state index in [1.807, 2.05) is 0 Å². The summed E-state index contributed by atoms with van der Waals surface area (Å²) in [6.07, 6.45) is -4.67. The summed E-state index contributed by atoms with van der Waals surface area (Å²) < 4.78 is 44.9. The molecule has 2 N–H and O–H groups in total. The number of benzene rings is 3. The van der Waals surface area contributed by atoms with E-state index in [2.05, 4.69) is 0 Å². The van der Waals surface area contributed by atoms with Gasteiger partial charge in [-0.15, -0.1) is 0 Å². The first-order chi connectivity index (χ1) is 13.1. The quantitative estimate of drug-likeness (QED) is 0.549. The molecule has 0 heterocycles. The molecule has 3 aromatic carbocycles. The van der Waals surface area contributed by atoms with Crippen molar-refractivity contribution in [3.05, 3.63) is 94.0 Å². The highest BCUT2D eigenvalue weighted by molar-refractivity contribution is 5.58. The number of alkyl halides is 3. The Morgan fingerprint density at radius 1 is 0.679 bits per heavy atom. The molecule has 0 aliphatic carbocycles.